The smallest absolute Gasteiger partial charge is 0.261 e. The predicted molar refractivity (Wildman–Crippen MR) is 101 cm³/mol. The van der Waals surface area contributed by atoms with Crippen molar-refractivity contribution in [2.75, 3.05) is 29.9 Å². The summed E-state index contributed by atoms with van der Waals surface area (Å²) in [6.45, 7) is 0.567. The first kappa shape index (κ1) is 18.7. The molecule has 0 fully saturated rings. The summed E-state index contributed by atoms with van der Waals surface area (Å²) in [5.74, 6) is -0.150. The van der Waals surface area contributed by atoms with Gasteiger partial charge >= 0.3 is 0 Å². The van der Waals surface area contributed by atoms with E-state index in [1.54, 1.807) is 29.2 Å². The molecule has 0 aromatic heterocycles. The van der Waals surface area contributed by atoms with Gasteiger partial charge < -0.3 is 9.64 Å². The van der Waals surface area contributed by atoms with E-state index in [0.717, 1.165) is 18.4 Å². The highest BCUT2D eigenvalue weighted by molar-refractivity contribution is 7.92. The Morgan fingerprint density at radius 3 is 2.81 bits per heavy atom. The molecule has 0 bridgehead atoms. The number of hydrogen-bond donors (Lipinski definition) is 1. The number of carbonyl (C=O) groups excluding carboxylic acids is 1. The van der Waals surface area contributed by atoms with Gasteiger partial charge in [-0.2, -0.15) is 0 Å². The Morgan fingerprint density at radius 1 is 1.27 bits per heavy atom. The molecule has 0 spiro atoms. The van der Waals surface area contributed by atoms with Crippen LogP contribution in [0.4, 0.5) is 11.4 Å². The van der Waals surface area contributed by atoms with Crippen LogP contribution in [0.25, 0.3) is 0 Å². The number of rotatable bonds is 5. The van der Waals surface area contributed by atoms with E-state index in [1.807, 2.05) is 6.07 Å². The Hall–Kier alpha value is -2.09. The average Bonchev–Trinajstić information content (AvgIpc) is 2.61. The zero-order valence-corrected chi connectivity index (χ0v) is 15.8. The number of nitrogens with zero attached hydrogens (tertiary/aromatic N) is 1. The topological polar surface area (TPSA) is 75.7 Å². The van der Waals surface area contributed by atoms with E-state index in [2.05, 4.69) is 4.72 Å². The number of nitrogens with one attached hydrogen (secondary N) is 1. The van der Waals surface area contributed by atoms with Crippen LogP contribution in [0.15, 0.2) is 47.4 Å². The number of aryl methyl sites for hydroxylation is 1. The maximum Gasteiger partial charge on any atom is 0.261 e. The number of methoxy groups -OCH3 is 1. The second kappa shape index (κ2) is 7.65. The van der Waals surface area contributed by atoms with E-state index >= 15 is 0 Å². The third kappa shape index (κ3) is 4.00. The van der Waals surface area contributed by atoms with Gasteiger partial charge in [-0.3, -0.25) is 9.52 Å². The van der Waals surface area contributed by atoms with Crippen LogP contribution in [0.1, 0.15) is 12.0 Å². The fourth-order valence-corrected chi connectivity index (χ4v) is 4.30. The maximum atomic E-state index is 12.6. The standard InChI is InChI=1S/C18H19ClN2O4S/c1-25-12-18(22)21-9-3-4-13-7-8-15(11-17(13)21)20-26(23,24)16-6-2-5-14(19)10-16/h2,5-8,10-11,20H,3-4,9,12H2,1H3. The van der Waals surface area contributed by atoms with Crippen LogP contribution in [-0.2, 0) is 26.0 Å². The second-order valence-corrected chi connectivity index (χ2v) is 8.11. The van der Waals surface area contributed by atoms with Gasteiger partial charge in [-0.25, -0.2) is 8.42 Å². The van der Waals surface area contributed by atoms with Crippen LogP contribution in [0.2, 0.25) is 5.02 Å². The number of halogens is 1. The molecule has 1 heterocycles. The molecule has 1 amide bonds. The normalized spacial score (nSPS) is 14.0. The van der Waals surface area contributed by atoms with Crippen molar-refractivity contribution in [3.63, 3.8) is 0 Å². The third-order valence-corrected chi connectivity index (χ3v) is 5.75. The zero-order chi connectivity index (χ0) is 18.7. The first-order chi connectivity index (χ1) is 12.4. The van der Waals surface area contributed by atoms with E-state index in [0.29, 0.717) is 22.9 Å². The van der Waals surface area contributed by atoms with Crippen molar-refractivity contribution in [1.29, 1.82) is 0 Å². The molecule has 0 unspecified atom stereocenters. The number of anilines is 2. The Labute approximate surface area is 157 Å². The summed E-state index contributed by atoms with van der Waals surface area (Å²) in [7, 11) is -2.30. The lowest BCUT2D eigenvalue weighted by Gasteiger charge is -2.30. The van der Waals surface area contributed by atoms with Gasteiger partial charge in [0.25, 0.3) is 15.9 Å². The van der Waals surface area contributed by atoms with Crippen molar-refractivity contribution < 1.29 is 17.9 Å². The molecule has 8 heteroatoms. The number of ether oxygens (including phenoxy) is 1. The molecular formula is C18H19ClN2O4S. The van der Waals surface area contributed by atoms with Crippen molar-refractivity contribution in [3.8, 4) is 0 Å². The molecule has 0 radical (unpaired) electrons. The minimum atomic E-state index is -3.77. The monoisotopic (exact) mass is 394 g/mol. The largest absolute Gasteiger partial charge is 0.375 e. The Bertz CT molecular complexity index is 931. The number of fused-ring (bicyclic) bond motifs is 1. The fraction of sp³-hybridized carbons (Fsp3) is 0.278. The summed E-state index contributed by atoms with van der Waals surface area (Å²) < 4.78 is 32.6. The molecule has 0 atom stereocenters. The van der Waals surface area contributed by atoms with Crippen molar-refractivity contribution in [3.05, 3.63) is 53.1 Å². The van der Waals surface area contributed by atoms with Gasteiger partial charge in [0.15, 0.2) is 0 Å². The zero-order valence-electron chi connectivity index (χ0n) is 14.2. The molecule has 0 saturated carbocycles. The summed E-state index contributed by atoms with van der Waals surface area (Å²) in [6.07, 6.45) is 1.70. The van der Waals surface area contributed by atoms with Gasteiger partial charge in [-0.15, -0.1) is 0 Å². The molecule has 2 aromatic carbocycles. The van der Waals surface area contributed by atoms with Crippen LogP contribution in [0, 0.1) is 0 Å². The van der Waals surface area contributed by atoms with Crippen LogP contribution < -0.4 is 9.62 Å². The Balaban J connectivity index is 1.90. The van der Waals surface area contributed by atoms with Gasteiger partial charge in [-0.05, 0) is 48.7 Å². The van der Waals surface area contributed by atoms with Crippen molar-refractivity contribution in [2.24, 2.45) is 0 Å². The van der Waals surface area contributed by atoms with Crippen LogP contribution in [0.5, 0.6) is 0 Å². The lowest BCUT2D eigenvalue weighted by Crippen LogP contribution is -2.37. The summed E-state index contributed by atoms with van der Waals surface area (Å²) in [4.78, 5) is 14.0. The third-order valence-electron chi connectivity index (χ3n) is 4.13. The quantitative estimate of drug-likeness (QED) is 0.845. The minimum absolute atomic E-state index is 0.0160. The van der Waals surface area contributed by atoms with Gasteiger partial charge in [0, 0.05) is 24.4 Å². The summed E-state index contributed by atoms with van der Waals surface area (Å²) in [5, 5.41) is 0.342. The van der Waals surface area contributed by atoms with Gasteiger partial charge in [0.05, 0.1) is 10.6 Å². The van der Waals surface area contributed by atoms with Crippen LogP contribution >= 0.6 is 11.6 Å². The van der Waals surface area contributed by atoms with E-state index in [4.69, 9.17) is 16.3 Å². The summed E-state index contributed by atoms with van der Waals surface area (Å²) in [5.41, 5.74) is 2.11. The van der Waals surface area contributed by atoms with Gasteiger partial charge in [-0.1, -0.05) is 23.7 Å². The molecular weight excluding hydrogens is 376 g/mol. The molecule has 3 rings (SSSR count). The molecule has 0 saturated heterocycles. The van der Waals surface area contributed by atoms with Crippen molar-refractivity contribution >= 4 is 38.9 Å². The summed E-state index contributed by atoms with van der Waals surface area (Å²) in [6, 6.07) is 11.3. The highest BCUT2D eigenvalue weighted by Crippen LogP contribution is 2.31. The molecule has 1 aliphatic heterocycles. The SMILES string of the molecule is COCC(=O)N1CCCc2ccc(NS(=O)(=O)c3cccc(Cl)c3)cc21. The molecule has 26 heavy (non-hydrogen) atoms. The molecule has 2 aromatic rings. The number of hydrogen-bond acceptors (Lipinski definition) is 4. The van der Waals surface area contributed by atoms with Crippen LogP contribution in [0.3, 0.4) is 0 Å². The van der Waals surface area contributed by atoms with Gasteiger partial charge in [0.1, 0.15) is 6.61 Å². The van der Waals surface area contributed by atoms with E-state index in [1.165, 1.54) is 19.2 Å². The first-order valence-corrected chi connectivity index (χ1v) is 9.97. The number of carbonyl (C=O) groups is 1. The molecule has 1 N–H and O–H groups in total. The molecule has 1 aliphatic rings. The molecule has 6 nitrogen and oxygen atoms in total. The number of benzene rings is 2. The number of sulfonamides is 1. The minimum Gasteiger partial charge on any atom is -0.375 e. The Kier molecular flexibility index (Phi) is 5.50. The average molecular weight is 395 g/mol. The summed E-state index contributed by atoms with van der Waals surface area (Å²) >= 11 is 5.88. The van der Waals surface area contributed by atoms with Crippen molar-refractivity contribution in [1.82, 2.24) is 0 Å². The van der Waals surface area contributed by atoms with E-state index < -0.39 is 10.0 Å². The molecule has 138 valence electrons. The fourth-order valence-electron chi connectivity index (χ4n) is 2.95. The van der Waals surface area contributed by atoms with E-state index in [9.17, 15) is 13.2 Å². The van der Waals surface area contributed by atoms with Gasteiger partial charge in [0.2, 0.25) is 0 Å². The van der Waals surface area contributed by atoms with E-state index in [-0.39, 0.29) is 17.4 Å². The highest BCUT2D eigenvalue weighted by atomic mass is 35.5. The second-order valence-electron chi connectivity index (χ2n) is 5.99. The predicted octanol–water partition coefficient (Wildman–Crippen LogP) is 3.07. The highest BCUT2D eigenvalue weighted by Gasteiger charge is 2.23. The number of amides is 1. The lowest BCUT2D eigenvalue weighted by molar-refractivity contribution is -0.122. The Morgan fingerprint density at radius 2 is 2.08 bits per heavy atom. The van der Waals surface area contributed by atoms with Crippen molar-refractivity contribution in [2.45, 2.75) is 17.7 Å². The van der Waals surface area contributed by atoms with Crippen LogP contribution in [-0.4, -0.2) is 34.6 Å². The molecule has 0 aliphatic carbocycles. The first-order valence-electron chi connectivity index (χ1n) is 8.11. The lowest BCUT2D eigenvalue weighted by atomic mass is 10.0. The maximum absolute atomic E-state index is 12.6.